The van der Waals surface area contributed by atoms with E-state index in [1.165, 1.54) is 26.2 Å². The number of hydrogen-bond acceptors (Lipinski definition) is 8. The van der Waals surface area contributed by atoms with Crippen molar-refractivity contribution in [3.8, 4) is 0 Å². The van der Waals surface area contributed by atoms with Gasteiger partial charge in [0.1, 0.15) is 6.61 Å². The predicted octanol–water partition coefficient (Wildman–Crippen LogP) is 0.248. The Morgan fingerprint density at radius 2 is 1.61 bits per heavy atom. The van der Waals surface area contributed by atoms with Crippen LogP contribution in [0, 0.1) is 10.7 Å². The molecule has 5 N–H and O–H groups in total. The molecule has 1 rings (SSSR count). The molecule has 1 aromatic rings. The van der Waals surface area contributed by atoms with Gasteiger partial charge in [-0.3, -0.25) is 14.4 Å². The molecule has 2 unspecified atom stereocenters. The summed E-state index contributed by atoms with van der Waals surface area (Å²) in [5.74, 6) is -1.54. The third-order valence-electron chi connectivity index (χ3n) is 4.20. The van der Waals surface area contributed by atoms with Crippen molar-refractivity contribution in [1.82, 2.24) is 10.2 Å². The summed E-state index contributed by atoms with van der Waals surface area (Å²) in [6.07, 6.45) is -2.06. The molecule has 0 saturated carbocycles. The highest BCUT2D eigenvalue weighted by Gasteiger charge is 2.30. The molecule has 0 aliphatic carbocycles. The highest BCUT2D eigenvalue weighted by Crippen LogP contribution is 2.36. The monoisotopic (exact) mass is 805 g/mol. The maximum Gasteiger partial charge on any atom is 0.255 e. The minimum Gasteiger partial charge on any atom is -0.394 e. The van der Waals surface area contributed by atoms with Gasteiger partial charge in [0.15, 0.2) is 0 Å². The third-order valence-corrected chi connectivity index (χ3v) is 7.43. The number of ether oxygens (including phenoxy) is 2. The largest absolute Gasteiger partial charge is 0.394 e. The van der Waals surface area contributed by atoms with Crippen LogP contribution in [0.3, 0.4) is 0 Å². The quantitative estimate of drug-likeness (QED) is 0.189. The standard InChI is InChI=1S/C19H26I3N3O8/c1-25(5-10(28)6-26)19(31)13-14(20)12(18(30)23-4-9(27)7-32-2)15(21)17(16(13)22)24-11(29)8-33-3/h9-10,26-28H,4-8H2,1-3H3,(H,23,30)(H,24,29). The number of likely N-dealkylation sites (N-methyl/N-ethyl adjacent to an activating group) is 1. The number of nitrogens with zero attached hydrogens (tertiary/aromatic N) is 1. The lowest BCUT2D eigenvalue weighted by molar-refractivity contribution is -0.119. The van der Waals surface area contributed by atoms with Gasteiger partial charge in [0.25, 0.3) is 11.8 Å². The Labute approximate surface area is 232 Å². The van der Waals surface area contributed by atoms with Gasteiger partial charge >= 0.3 is 0 Å². The maximum atomic E-state index is 13.2. The van der Waals surface area contributed by atoms with Crippen molar-refractivity contribution < 1.29 is 39.2 Å². The average molecular weight is 805 g/mol. The molecule has 0 spiro atoms. The highest BCUT2D eigenvalue weighted by atomic mass is 127. The lowest BCUT2D eigenvalue weighted by Gasteiger charge is -2.24. The molecule has 0 aliphatic rings. The van der Waals surface area contributed by atoms with Crippen LogP contribution in [0.4, 0.5) is 5.69 Å². The SMILES string of the molecule is COCC(=O)Nc1c(I)c(C(=O)NCC(O)COC)c(I)c(C(=O)N(C)CC(O)CO)c1I. The molecule has 1 aromatic carbocycles. The number of methoxy groups -OCH3 is 2. The van der Waals surface area contributed by atoms with E-state index in [9.17, 15) is 24.6 Å². The number of anilines is 1. The Morgan fingerprint density at radius 1 is 1.00 bits per heavy atom. The van der Waals surface area contributed by atoms with Gasteiger partial charge in [-0.15, -0.1) is 0 Å². The van der Waals surface area contributed by atoms with Crippen molar-refractivity contribution in [1.29, 1.82) is 0 Å². The molecule has 0 bridgehead atoms. The Kier molecular flexibility index (Phi) is 13.8. The van der Waals surface area contributed by atoms with Crippen LogP contribution >= 0.6 is 67.8 Å². The van der Waals surface area contributed by atoms with Gasteiger partial charge in [-0.1, -0.05) is 0 Å². The van der Waals surface area contributed by atoms with E-state index in [-0.39, 0.29) is 43.1 Å². The number of benzene rings is 1. The fraction of sp³-hybridized carbons (Fsp3) is 0.526. The number of hydrogen-bond donors (Lipinski definition) is 5. The highest BCUT2D eigenvalue weighted by molar-refractivity contribution is 14.1. The lowest BCUT2D eigenvalue weighted by atomic mass is 10.1. The first-order chi connectivity index (χ1) is 15.5. The summed E-state index contributed by atoms with van der Waals surface area (Å²) in [4.78, 5) is 39.7. The summed E-state index contributed by atoms with van der Waals surface area (Å²) in [5, 5.41) is 34.0. The summed E-state index contributed by atoms with van der Waals surface area (Å²) in [6, 6.07) is 0. The molecule has 2 atom stereocenters. The number of carbonyl (C=O) groups excluding carboxylic acids is 3. The summed E-state index contributed by atoms with van der Waals surface area (Å²) in [6.45, 7) is -0.935. The van der Waals surface area contributed by atoms with E-state index in [4.69, 9.17) is 14.6 Å². The number of amides is 3. The first-order valence-electron chi connectivity index (χ1n) is 9.48. The van der Waals surface area contributed by atoms with Crippen LogP contribution in [0.5, 0.6) is 0 Å². The summed E-state index contributed by atoms with van der Waals surface area (Å²) >= 11 is 5.72. The molecule has 0 aliphatic heterocycles. The molecular formula is C19H26I3N3O8. The molecule has 3 amide bonds. The average Bonchev–Trinajstić information content (AvgIpc) is 2.75. The van der Waals surface area contributed by atoms with Crippen LogP contribution in [0.25, 0.3) is 0 Å². The second kappa shape index (κ2) is 14.9. The van der Waals surface area contributed by atoms with E-state index >= 15 is 0 Å². The Hall–Kier alpha value is -0.380. The van der Waals surface area contributed by atoms with Gasteiger partial charge in [-0.2, -0.15) is 0 Å². The first-order valence-corrected chi connectivity index (χ1v) is 12.7. The van der Waals surface area contributed by atoms with Crippen molar-refractivity contribution in [2.75, 3.05) is 59.5 Å². The Bertz CT molecular complexity index is 871. The second-order valence-corrected chi connectivity index (χ2v) is 10.1. The van der Waals surface area contributed by atoms with E-state index in [0.717, 1.165) is 0 Å². The molecule has 0 fully saturated rings. The zero-order chi connectivity index (χ0) is 25.3. The van der Waals surface area contributed by atoms with Crippen LogP contribution < -0.4 is 10.6 Å². The van der Waals surface area contributed by atoms with E-state index in [0.29, 0.717) is 10.7 Å². The topological polar surface area (TPSA) is 158 Å². The third kappa shape index (κ3) is 8.65. The van der Waals surface area contributed by atoms with Crippen LogP contribution in [-0.4, -0.2) is 104 Å². The molecule has 186 valence electrons. The van der Waals surface area contributed by atoms with Gasteiger partial charge in [0, 0.05) is 37.9 Å². The zero-order valence-electron chi connectivity index (χ0n) is 18.2. The lowest BCUT2D eigenvalue weighted by Crippen LogP contribution is -2.38. The fourth-order valence-corrected chi connectivity index (χ4v) is 7.05. The number of carbonyl (C=O) groups is 3. The smallest absolute Gasteiger partial charge is 0.255 e. The summed E-state index contributed by atoms with van der Waals surface area (Å²) in [7, 11) is 4.24. The van der Waals surface area contributed by atoms with E-state index in [2.05, 4.69) is 10.6 Å². The van der Waals surface area contributed by atoms with Crippen LogP contribution in [-0.2, 0) is 14.3 Å². The van der Waals surface area contributed by atoms with Crippen LogP contribution in [0.1, 0.15) is 20.7 Å². The Balaban J connectivity index is 3.53. The summed E-state index contributed by atoms with van der Waals surface area (Å²) < 4.78 is 10.8. The number of aliphatic hydroxyl groups excluding tert-OH is 3. The molecular weight excluding hydrogens is 779 g/mol. The van der Waals surface area contributed by atoms with Crippen molar-refractivity contribution >= 4 is 91.2 Å². The van der Waals surface area contributed by atoms with Crippen molar-refractivity contribution in [2.24, 2.45) is 0 Å². The van der Waals surface area contributed by atoms with E-state index in [1.807, 2.05) is 67.8 Å². The molecule has 11 nitrogen and oxygen atoms in total. The molecule has 0 aromatic heterocycles. The van der Waals surface area contributed by atoms with Gasteiger partial charge in [0.2, 0.25) is 5.91 Å². The van der Waals surface area contributed by atoms with Gasteiger partial charge in [-0.25, -0.2) is 0 Å². The minimum atomic E-state index is -1.14. The number of rotatable bonds is 12. The molecule has 33 heavy (non-hydrogen) atoms. The normalized spacial score (nSPS) is 12.8. The van der Waals surface area contributed by atoms with Crippen molar-refractivity contribution in [3.63, 3.8) is 0 Å². The summed E-state index contributed by atoms with van der Waals surface area (Å²) in [5.41, 5.74) is 0.564. The fourth-order valence-electron chi connectivity index (χ4n) is 2.67. The van der Waals surface area contributed by atoms with Crippen LogP contribution in [0.15, 0.2) is 0 Å². The van der Waals surface area contributed by atoms with Gasteiger partial charge in [0.05, 0.1) is 49.4 Å². The van der Waals surface area contributed by atoms with Gasteiger partial charge in [-0.05, 0) is 67.8 Å². The molecule has 0 heterocycles. The molecule has 0 radical (unpaired) electrons. The Morgan fingerprint density at radius 3 is 2.15 bits per heavy atom. The van der Waals surface area contributed by atoms with Crippen molar-refractivity contribution in [3.05, 3.63) is 21.8 Å². The first kappa shape index (κ1) is 30.7. The number of nitrogens with one attached hydrogen (secondary N) is 2. The van der Waals surface area contributed by atoms with Crippen molar-refractivity contribution in [2.45, 2.75) is 12.2 Å². The maximum absolute atomic E-state index is 13.2. The predicted molar refractivity (Wildman–Crippen MR) is 145 cm³/mol. The second-order valence-electron chi connectivity index (χ2n) is 6.89. The minimum absolute atomic E-state index is 0.0290. The molecule has 14 heteroatoms. The van der Waals surface area contributed by atoms with E-state index < -0.39 is 36.5 Å². The molecule has 0 saturated heterocycles. The van der Waals surface area contributed by atoms with Gasteiger partial charge < -0.3 is 40.3 Å². The number of halogens is 3. The zero-order valence-corrected chi connectivity index (χ0v) is 24.6. The van der Waals surface area contributed by atoms with E-state index in [1.54, 1.807) is 0 Å². The van der Waals surface area contributed by atoms with Crippen LogP contribution in [0.2, 0.25) is 0 Å². The number of aliphatic hydroxyl groups is 3.